The van der Waals surface area contributed by atoms with Gasteiger partial charge in [-0.15, -0.1) is 0 Å². The third-order valence-electron chi connectivity index (χ3n) is 8.29. The van der Waals surface area contributed by atoms with Crippen molar-refractivity contribution in [3.8, 4) is 0 Å². The van der Waals surface area contributed by atoms with Crippen molar-refractivity contribution in [2.75, 3.05) is 13.1 Å². The summed E-state index contributed by atoms with van der Waals surface area (Å²) < 4.78 is 0. The van der Waals surface area contributed by atoms with Crippen molar-refractivity contribution in [2.24, 2.45) is 0 Å². The van der Waals surface area contributed by atoms with Crippen LogP contribution in [0.2, 0.25) is 0 Å². The summed E-state index contributed by atoms with van der Waals surface area (Å²) in [5, 5.41) is 6.06. The lowest BCUT2D eigenvalue weighted by atomic mass is 10.0. The largest absolute Gasteiger partial charge is 0.338 e. The molecule has 40 heavy (non-hydrogen) atoms. The Kier molecular flexibility index (Phi) is 35.1. The predicted molar refractivity (Wildman–Crippen MR) is 180 cm³/mol. The molecule has 0 bridgehead atoms. The second-order valence-corrected chi connectivity index (χ2v) is 12.4. The van der Waals surface area contributed by atoms with Crippen LogP contribution in [0.1, 0.15) is 206 Å². The van der Waals surface area contributed by atoms with Crippen LogP contribution < -0.4 is 10.6 Å². The van der Waals surface area contributed by atoms with Gasteiger partial charge < -0.3 is 10.6 Å². The number of hydrogen-bond donors (Lipinski definition) is 2. The number of urea groups is 1. The Balaban J connectivity index is 3.18. The van der Waals surface area contributed by atoms with Crippen LogP contribution in [-0.2, 0) is 0 Å². The van der Waals surface area contributed by atoms with Crippen LogP contribution in [0.4, 0.5) is 4.79 Å². The number of hydrogen-bond acceptors (Lipinski definition) is 1. The number of carbonyl (C=O) groups excluding carboxylic acids is 1. The molecule has 0 aromatic rings. The number of unbranched alkanes of at least 4 members (excludes halogenated alkanes) is 27. The van der Waals surface area contributed by atoms with Gasteiger partial charge in [0, 0.05) is 13.1 Å². The second-order valence-electron chi connectivity index (χ2n) is 12.4. The van der Waals surface area contributed by atoms with E-state index >= 15 is 0 Å². The molecule has 0 radical (unpaired) electrons. The lowest BCUT2D eigenvalue weighted by molar-refractivity contribution is 0.240. The molecule has 0 aliphatic rings. The SMILES string of the molecule is CCCCCCCC/C=C\CCCCCCCCNC(=O)NCCCCCCCCCCCCCCCCCC. The third-order valence-corrected chi connectivity index (χ3v) is 8.29. The van der Waals surface area contributed by atoms with E-state index in [1.165, 1.54) is 180 Å². The Labute approximate surface area is 252 Å². The summed E-state index contributed by atoms with van der Waals surface area (Å²) >= 11 is 0. The summed E-state index contributed by atoms with van der Waals surface area (Å²) in [5.74, 6) is 0. The summed E-state index contributed by atoms with van der Waals surface area (Å²) in [7, 11) is 0. The quantitative estimate of drug-likeness (QED) is 0.0606. The van der Waals surface area contributed by atoms with E-state index in [-0.39, 0.29) is 6.03 Å². The zero-order valence-corrected chi connectivity index (χ0v) is 27.7. The van der Waals surface area contributed by atoms with E-state index in [0.29, 0.717) is 0 Å². The first-order valence-corrected chi connectivity index (χ1v) is 18.5. The molecule has 2 amide bonds. The minimum absolute atomic E-state index is 0.0219. The Bertz CT molecular complexity index is 504. The molecular formula is C37H74N2O. The van der Waals surface area contributed by atoms with E-state index in [1.807, 2.05) is 0 Å². The molecule has 0 aromatic heterocycles. The van der Waals surface area contributed by atoms with Crippen molar-refractivity contribution in [3.63, 3.8) is 0 Å². The van der Waals surface area contributed by atoms with Gasteiger partial charge in [-0.25, -0.2) is 4.79 Å². The molecule has 3 nitrogen and oxygen atoms in total. The number of rotatable bonds is 33. The molecule has 0 spiro atoms. The number of amides is 2. The van der Waals surface area contributed by atoms with Crippen LogP contribution in [0.25, 0.3) is 0 Å². The average molecular weight is 563 g/mol. The molecule has 0 saturated heterocycles. The highest BCUT2D eigenvalue weighted by Gasteiger charge is 1.99. The number of allylic oxidation sites excluding steroid dienone is 2. The van der Waals surface area contributed by atoms with Crippen molar-refractivity contribution in [3.05, 3.63) is 12.2 Å². The second kappa shape index (κ2) is 36.0. The van der Waals surface area contributed by atoms with E-state index in [0.717, 1.165) is 25.9 Å². The van der Waals surface area contributed by atoms with E-state index in [9.17, 15) is 4.79 Å². The molecule has 238 valence electrons. The fourth-order valence-corrected chi connectivity index (χ4v) is 5.51. The van der Waals surface area contributed by atoms with Gasteiger partial charge in [0.2, 0.25) is 0 Å². The molecule has 0 unspecified atom stereocenters. The average Bonchev–Trinajstić information content (AvgIpc) is 2.96. The van der Waals surface area contributed by atoms with Crippen molar-refractivity contribution in [1.29, 1.82) is 0 Å². The van der Waals surface area contributed by atoms with Crippen LogP contribution in [-0.4, -0.2) is 19.1 Å². The number of nitrogens with one attached hydrogen (secondary N) is 2. The van der Waals surface area contributed by atoms with Crippen molar-refractivity contribution < 1.29 is 4.79 Å². The van der Waals surface area contributed by atoms with Gasteiger partial charge in [-0.2, -0.15) is 0 Å². The van der Waals surface area contributed by atoms with Crippen molar-refractivity contribution >= 4 is 6.03 Å². The smallest absolute Gasteiger partial charge is 0.314 e. The zero-order valence-electron chi connectivity index (χ0n) is 27.7. The Morgan fingerprint density at radius 1 is 0.375 bits per heavy atom. The van der Waals surface area contributed by atoms with Crippen LogP contribution in [0.3, 0.4) is 0 Å². The topological polar surface area (TPSA) is 41.1 Å². The summed E-state index contributed by atoms with van der Waals surface area (Å²) in [5.41, 5.74) is 0. The van der Waals surface area contributed by atoms with Crippen LogP contribution in [0, 0.1) is 0 Å². The fourth-order valence-electron chi connectivity index (χ4n) is 5.51. The lowest BCUT2D eigenvalue weighted by Gasteiger charge is -2.08. The van der Waals surface area contributed by atoms with Gasteiger partial charge in [0.15, 0.2) is 0 Å². The van der Waals surface area contributed by atoms with Gasteiger partial charge in [-0.3, -0.25) is 0 Å². The minimum Gasteiger partial charge on any atom is -0.338 e. The first kappa shape index (κ1) is 39.0. The molecule has 0 rings (SSSR count). The first-order chi connectivity index (χ1) is 19.8. The Hall–Kier alpha value is -0.990. The molecule has 0 aliphatic carbocycles. The molecule has 0 fully saturated rings. The van der Waals surface area contributed by atoms with E-state index < -0.39 is 0 Å². The molecule has 0 atom stereocenters. The van der Waals surface area contributed by atoms with Gasteiger partial charge >= 0.3 is 6.03 Å². The maximum atomic E-state index is 11.9. The van der Waals surface area contributed by atoms with E-state index in [2.05, 4.69) is 36.6 Å². The van der Waals surface area contributed by atoms with Crippen molar-refractivity contribution in [1.82, 2.24) is 10.6 Å². The molecule has 3 heteroatoms. The van der Waals surface area contributed by atoms with Gasteiger partial charge in [0.1, 0.15) is 0 Å². The number of carbonyl (C=O) groups is 1. The van der Waals surface area contributed by atoms with Gasteiger partial charge in [-0.05, 0) is 38.5 Å². The van der Waals surface area contributed by atoms with Crippen LogP contribution >= 0.6 is 0 Å². The molecule has 0 aliphatic heterocycles. The van der Waals surface area contributed by atoms with Crippen LogP contribution in [0.15, 0.2) is 12.2 Å². The first-order valence-electron chi connectivity index (χ1n) is 18.5. The Morgan fingerprint density at radius 2 is 0.625 bits per heavy atom. The maximum Gasteiger partial charge on any atom is 0.314 e. The minimum atomic E-state index is 0.0219. The predicted octanol–water partition coefficient (Wildman–Crippen LogP) is 12.6. The van der Waals surface area contributed by atoms with Crippen LogP contribution in [0.5, 0.6) is 0 Å². The molecule has 0 saturated carbocycles. The highest BCUT2D eigenvalue weighted by molar-refractivity contribution is 5.73. The monoisotopic (exact) mass is 563 g/mol. The van der Waals surface area contributed by atoms with Crippen molar-refractivity contribution in [2.45, 2.75) is 206 Å². The summed E-state index contributed by atoms with van der Waals surface area (Å²) in [6.45, 7) is 6.20. The standard InChI is InChI=1S/C37H74N2O/c1-3-5-7-9-11-13-15-17-19-21-23-25-27-29-31-33-35-38-37(40)39-36-34-32-30-28-26-24-22-20-18-16-14-12-10-8-6-4-2/h17,19H,3-16,18,20-36H2,1-2H3,(H2,38,39,40)/b19-17-. The van der Waals surface area contributed by atoms with E-state index in [1.54, 1.807) is 0 Å². The molecule has 2 N–H and O–H groups in total. The Morgan fingerprint density at radius 3 is 0.925 bits per heavy atom. The molecule has 0 aromatic carbocycles. The van der Waals surface area contributed by atoms with Gasteiger partial charge in [0.25, 0.3) is 0 Å². The fraction of sp³-hybridized carbons (Fsp3) is 0.919. The maximum absolute atomic E-state index is 11.9. The summed E-state index contributed by atoms with van der Waals surface area (Å²) in [6.07, 6.45) is 45.4. The highest BCUT2D eigenvalue weighted by atomic mass is 16.2. The van der Waals surface area contributed by atoms with E-state index in [4.69, 9.17) is 0 Å². The lowest BCUT2D eigenvalue weighted by Crippen LogP contribution is -2.36. The highest BCUT2D eigenvalue weighted by Crippen LogP contribution is 2.14. The van der Waals surface area contributed by atoms with Gasteiger partial charge in [-0.1, -0.05) is 180 Å². The normalized spacial score (nSPS) is 11.4. The summed E-state index contributed by atoms with van der Waals surface area (Å²) in [4.78, 5) is 11.9. The van der Waals surface area contributed by atoms with Gasteiger partial charge in [0.05, 0.1) is 0 Å². The molecule has 0 heterocycles. The zero-order chi connectivity index (χ0) is 29.0. The molecular weight excluding hydrogens is 488 g/mol. The third kappa shape index (κ3) is 35.0. The summed E-state index contributed by atoms with van der Waals surface area (Å²) in [6, 6.07) is 0.0219.